The zero-order chi connectivity index (χ0) is 42.8. The van der Waals surface area contributed by atoms with Crippen LogP contribution >= 0.6 is 7.82 Å². The Kier molecular flexibility index (Phi) is 39.8. The quantitative estimate of drug-likeness (QED) is 0.0244. The zero-order valence-electron chi connectivity index (χ0n) is 38.5. The molecular weight excluding hydrogens is 744 g/mol. The molecule has 0 aromatic heterocycles. The molecule has 0 saturated heterocycles. The summed E-state index contributed by atoms with van der Waals surface area (Å²) in [5, 5.41) is 14.0. The van der Waals surface area contributed by atoms with Gasteiger partial charge >= 0.3 is 7.82 Å². The van der Waals surface area contributed by atoms with E-state index in [1.54, 1.807) is 0 Å². The number of likely N-dealkylation sites (N-methyl/N-ethyl adjacent to an activating group) is 1. The van der Waals surface area contributed by atoms with Crippen LogP contribution in [0.2, 0.25) is 0 Å². The van der Waals surface area contributed by atoms with Gasteiger partial charge in [-0.3, -0.25) is 13.8 Å². The van der Waals surface area contributed by atoms with Crippen LogP contribution in [0.5, 0.6) is 0 Å². The second-order valence-corrected chi connectivity index (χ2v) is 18.9. The summed E-state index contributed by atoms with van der Waals surface area (Å²) in [6, 6.07) is -0.783. The number of rotatable bonds is 43. The third-order valence-electron chi connectivity index (χ3n) is 10.6. The van der Waals surface area contributed by atoms with Crippen molar-refractivity contribution in [2.24, 2.45) is 0 Å². The van der Waals surface area contributed by atoms with Gasteiger partial charge in [-0.05, 0) is 51.4 Å². The van der Waals surface area contributed by atoms with E-state index in [0.29, 0.717) is 23.9 Å². The number of hydrogen-bond donors (Lipinski definition) is 3. The number of hydrogen-bond acceptors (Lipinski definition) is 5. The SMILES string of the molecule is CC/C=C\C/C=C\C/C=C\C/C=C\CCCCC(=O)NC(COP(=O)(O)OCC[N+](C)(C)C)C(O)CCCCCCCCCCCCCCCCCCCCCCC. The summed E-state index contributed by atoms with van der Waals surface area (Å²) in [5.74, 6) is -0.185. The first kappa shape index (κ1) is 56.5. The van der Waals surface area contributed by atoms with Crippen LogP contribution in [0.3, 0.4) is 0 Å². The Balaban J connectivity index is 4.34. The zero-order valence-corrected chi connectivity index (χ0v) is 39.4. The lowest BCUT2D eigenvalue weighted by Gasteiger charge is -2.26. The number of amides is 1. The third kappa shape index (κ3) is 42.6. The number of aliphatic hydroxyl groups excluding tert-OH is 1. The molecule has 0 rings (SSSR count). The van der Waals surface area contributed by atoms with Crippen LogP contribution < -0.4 is 5.32 Å². The third-order valence-corrected chi connectivity index (χ3v) is 11.6. The van der Waals surface area contributed by atoms with Crippen LogP contribution in [0, 0.1) is 0 Å². The first-order valence-electron chi connectivity index (χ1n) is 24.0. The summed E-state index contributed by atoms with van der Waals surface area (Å²) in [7, 11) is 1.58. The fraction of sp³-hybridized carbons (Fsp3) is 0.816. The molecule has 1 amide bonds. The first-order chi connectivity index (χ1) is 28.0. The summed E-state index contributed by atoms with van der Waals surface area (Å²) in [4.78, 5) is 23.2. The molecule has 0 bridgehead atoms. The van der Waals surface area contributed by atoms with Crippen molar-refractivity contribution < 1.29 is 32.9 Å². The maximum absolute atomic E-state index is 12.9. The van der Waals surface area contributed by atoms with E-state index in [0.717, 1.165) is 64.2 Å². The number of phosphoric ester groups is 1. The Labute approximate surface area is 359 Å². The molecule has 0 saturated carbocycles. The first-order valence-corrected chi connectivity index (χ1v) is 25.5. The molecule has 3 N–H and O–H groups in total. The minimum absolute atomic E-state index is 0.0651. The molecule has 0 aromatic rings. The lowest BCUT2D eigenvalue weighted by molar-refractivity contribution is -0.870. The molecular formula is C49H94N2O6P+. The van der Waals surface area contributed by atoms with Crippen LogP contribution in [0.15, 0.2) is 48.6 Å². The highest BCUT2D eigenvalue weighted by atomic mass is 31.2. The summed E-state index contributed by atoms with van der Waals surface area (Å²) in [6.07, 6.45) is 51.5. The number of carbonyl (C=O) groups excluding carboxylic acids is 1. The number of phosphoric acid groups is 1. The van der Waals surface area contributed by atoms with Crippen molar-refractivity contribution in [2.45, 2.75) is 219 Å². The number of aliphatic hydroxyl groups is 1. The van der Waals surface area contributed by atoms with Crippen molar-refractivity contribution in [3.8, 4) is 0 Å². The Morgan fingerprint density at radius 2 is 1.03 bits per heavy atom. The van der Waals surface area contributed by atoms with Crippen molar-refractivity contribution >= 4 is 13.7 Å². The van der Waals surface area contributed by atoms with Crippen LogP contribution in [0.1, 0.15) is 206 Å². The fourth-order valence-electron chi connectivity index (χ4n) is 6.80. The average Bonchev–Trinajstić information content (AvgIpc) is 3.17. The molecule has 0 aliphatic heterocycles. The van der Waals surface area contributed by atoms with Gasteiger partial charge in [0.25, 0.3) is 0 Å². The van der Waals surface area contributed by atoms with E-state index in [-0.39, 0.29) is 19.1 Å². The second kappa shape index (κ2) is 40.8. The van der Waals surface area contributed by atoms with Gasteiger partial charge < -0.3 is 19.8 Å². The molecule has 58 heavy (non-hydrogen) atoms. The lowest BCUT2D eigenvalue weighted by Crippen LogP contribution is -2.46. The number of nitrogens with zero attached hydrogens (tertiary/aromatic N) is 1. The van der Waals surface area contributed by atoms with Gasteiger partial charge in [0.2, 0.25) is 5.91 Å². The minimum atomic E-state index is -4.33. The Bertz CT molecular complexity index is 1090. The molecule has 0 heterocycles. The number of quaternary nitrogens is 1. The molecule has 3 atom stereocenters. The van der Waals surface area contributed by atoms with Crippen LogP contribution in [-0.2, 0) is 18.4 Å². The Morgan fingerprint density at radius 1 is 0.603 bits per heavy atom. The van der Waals surface area contributed by atoms with Gasteiger partial charge in [0, 0.05) is 6.42 Å². The van der Waals surface area contributed by atoms with E-state index in [9.17, 15) is 19.4 Å². The van der Waals surface area contributed by atoms with E-state index in [2.05, 4.69) is 67.8 Å². The molecule has 0 spiro atoms. The largest absolute Gasteiger partial charge is 0.472 e. The maximum atomic E-state index is 12.9. The minimum Gasteiger partial charge on any atom is -0.391 e. The molecule has 0 radical (unpaired) electrons. The highest BCUT2D eigenvalue weighted by Crippen LogP contribution is 2.43. The fourth-order valence-corrected chi connectivity index (χ4v) is 7.54. The van der Waals surface area contributed by atoms with Gasteiger partial charge in [0.15, 0.2) is 0 Å². The van der Waals surface area contributed by atoms with Crippen LogP contribution in [0.4, 0.5) is 0 Å². The number of unbranched alkanes of at least 4 members (excludes halogenated alkanes) is 22. The molecule has 340 valence electrons. The highest BCUT2D eigenvalue weighted by Gasteiger charge is 2.28. The van der Waals surface area contributed by atoms with E-state index in [1.165, 1.54) is 116 Å². The molecule has 9 heteroatoms. The van der Waals surface area contributed by atoms with Gasteiger partial charge in [-0.2, -0.15) is 0 Å². The molecule has 0 aliphatic rings. The average molecular weight is 838 g/mol. The second-order valence-electron chi connectivity index (χ2n) is 17.5. The monoisotopic (exact) mass is 838 g/mol. The van der Waals surface area contributed by atoms with Crippen LogP contribution in [0.25, 0.3) is 0 Å². The Morgan fingerprint density at radius 3 is 1.48 bits per heavy atom. The number of nitrogens with one attached hydrogen (secondary N) is 1. The van der Waals surface area contributed by atoms with Gasteiger partial charge in [0.05, 0.1) is 39.9 Å². The standard InChI is InChI=1S/C49H93N2O6P/c1-6-8-10-12-14-16-18-20-22-23-24-25-26-27-29-30-32-34-36-38-40-42-48(52)47(46-57-58(54,55)56-45-44-51(3,4)5)50-49(53)43-41-39-37-35-33-31-28-21-19-17-15-13-11-9-7-2/h9,11,15,17,21,28,33,35,47-48,52H,6-8,10,12-14,16,18-20,22-27,29-32,34,36-46H2,1-5H3,(H-,50,53,54,55)/p+1/b11-9-,17-15-,28-21-,35-33-. The topological polar surface area (TPSA) is 105 Å². The van der Waals surface area contributed by atoms with Gasteiger partial charge in [-0.1, -0.05) is 197 Å². The van der Waals surface area contributed by atoms with E-state index < -0.39 is 20.0 Å². The summed E-state index contributed by atoms with van der Waals surface area (Å²) in [6.45, 7) is 4.74. The molecule has 0 aromatic carbocycles. The predicted molar refractivity (Wildman–Crippen MR) is 249 cm³/mol. The summed E-state index contributed by atoms with van der Waals surface area (Å²) in [5.41, 5.74) is 0. The van der Waals surface area contributed by atoms with Crippen LogP contribution in [-0.4, -0.2) is 73.4 Å². The summed E-state index contributed by atoms with van der Waals surface area (Å²) < 4.78 is 23.6. The van der Waals surface area contributed by atoms with Gasteiger partial charge in [-0.15, -0.1) is 0 Å². The van der Waals surface area contributed by atoms with Gasteiger partial charge in [0.1, 0.15) is 13.2 Å². The van der Waals surface area contributed by atoms with Crippen molar-refractivity contribution in [3.63, 3.8) is 0 Å². The van der Waals surface area contributed by atoms with Gasteiger partial charge in [-0.25, -0.2) is 4.57 Å². The molecule has 0 fully saturated rings. The smallest absolute Gasteiger partial charge is 0.391 e. The molecule has 0 aliphatic carbocycles. The van der Waals surface area contributed by atoms with Crippen molar-refractivity contribution in [2.75, 3.05) is 40.9 Å². The molecule has 3 unspecified atom stereocenters. The maximum Gasteiger partial charge on any atom is 0.472 e. The number of allylic oxidation sites excluding steroid dienone is 8. The predicted octanol–water partition coefficient (Wildman–Crippen LogP) is 13.6. The van der Waals surface area contributed by atoms with E-state index >= 15 is 0 Å². The van der Waals surface area contributed by atoms with E-state index in [4.69, 9.17) is 9.05 Å². The highest BCUT2D eigenvalue weighted by molar-refractivity contribution is 7.47. The van der Waals surface area contributed by atoms with Crippen molar-refractivity contribution in [1.29, 1.82) is 0 Å². The Hall–Kier alpha value is -1.54. The van der Waals surface area contributed by atoms with Crippen molar-refractivity contribution in [3.05, 3.63) is 48.6 Å². The molecule has 8 nitrogen and oxygen atoms in total. The van der Waals surface area contributed by atoms with E-state index in [1.807, 2.05) is 21.1 Å². The normalized spacial score (nSPS) is 14.7. The summed E-state index contributed by atoms with van der Waals surface area (Å²) >= 11 is 0. The van der Waals surface area contributed by atoms with Crippen molar-refractivity contribution in [1.82, 2.24) is 5.32 Å². The lowest BCUT2D eigenvalue weighted by atomic mass is 10.0. The number of carbonyl (C=O) groups is 1.